The Bertz CT molecular complexity index is 592. The first-order valence-corrected chi connectivity index (χ1v) is 6.19. The van der Waals surface area contributed by atoms with Crippen molar-refractivity contribution in [3.05, 3.63) is 46.2 Å². The van der Waals surface area contributed by atoms with Gasteiger partial charge in [-0.15, -0.1) is 0 Å². The summed E-state index contributed by atoms with van der Waals surface area (Å²) in [4.78, 5) is 11.0. The predicted molar refractivity (Wildman–Crippen MR) is 72.4 cm³/mol. The molecule has 2 rings (SSSR count). The Labute approximate surface area is 113 Å². The molecule has 1 aromatic heterocycles. The van der Waals surface area contributed by atoms with Crippen molar-refractivity contribution in [1.29, 1.82) is 0 Å². The van der Waals surface area contributed by atoms with Gasteiger partial charge in [-0.25, -0.2) is 4.68 Å². The monoisotopic (exact) mass is 308 g/mol. The second-order valence-corrected chi connectivity index (χ2v) is 4.86. The first-order chi connectivity index (χ1) is 8.49. The van der Waals surface area contributed by atoms with E-state index in [4.69, 9.17) is 11.5 Å². The van der Waals surface area contributed by atoms with E-state index in [-0.39, 0.29) is 11.7 Å². The van der Waals surface area contributed by atoms with Crippen molar-refractivity contribution >= 4 is 21.8 Å². The average molecular weight is 309 g/mol. The molecule has 18 heavy (non-hydrogen) atoms. The maximum Gasteiger partial charge on any atom is 0.269 e. The van der Waals surface area contributed by atoms with Crippen molar-refractivity contribution in [3.8, 4) is 5.69 Å². The van der Waals surface area contributed by atoms with Gasteiger partial charge in [-0.2, -0.15) is 5.10 Å². The Morgan fingerprint density at radius 1 is 1.44 bits per heavy atom. The van der Waals surface area contributed by atoms with E-state index >= 15 is 0 Å². The summed E-state index contributed by atoms with van der Waals surface area (Å²) in [5, 5.41) is 4.10. The third-order valence-electron chi connectivity index (χ3n) is 2.59. The van der Waals surface area contributed by atoms with Gasteiger partial charge in [0.05, 0.1) is 5.69 Å². The first kappa shape index (κ1) is 12.8. The van der Waals surface area contributed by atoms with Crippen molar-refractivity contribution in [2.45, 2.75) is 13.0 Å². The number of benzene rings is 1. The number of carbonyl (C=O) groups excluding carboxylic acids is 1. The fourth-order valence-electron chi connectivity index (χ4n) is 1.58. The summed E-state index contributed by atoms with van der Waals surface area (Å²) in [6.45, 7) is 1.92. The van der Waals surface area contributed by atoms with Crippen LogP contribution in [0, 0.1) is 0 Å². The lowest BCUT2D eigenvalue weighted by molar-refractivity contribution is 0.0995. The minimum absolute atomic E-state index is 0.0332. The minimum Gasteiger partial charge on any atom is -0.364 e. The molecular formula is C12H13BrN4O. The molecule has 0 aliphatic heterocycles. The second kappa shape index (κ2) is 4.91. The maximum absolute atomic E-state index is 11.0. The van der Waals surface area contributed by atoms with E-state index in [0.717, 1.165) is 15.7 Å². The molecule has 0 bridgehead atoms. The van der Waals surface area contributed by atoms with Gasteiger partial charge in [0.2, 0.25) is 0 Å². The van der Waals surface area contributed by atoms with Gasteiger partial charge in [0.25, 0.3) is 5.91 Å². The van der Waals surface area contributed by atoms with Crippen LogP contribution in [-0.4, -0.2) is 15.7 Å². The molecule has 0 saturated carbocycles. The third kappa shape index (κ3) is 2.44. The average Bonchev–Trinajstić information content (AvgIpc) is 2.78. The molecule has 94 valence electrons. The molecule has 1 heterocycles. The van der Waals surface area contributed by atoms with Gasteiger partial charge in [-0.1, -0.05) is 6.07 Å². The molecule has 1 atom stereocenters. The number of carbonyl (C=O) groups is 1. The molecule has 0 aliphatic carbocycles. The molecule has 1 aromatic carbocycles. The number of hydrogen-bond acceptors (Lipinski definition) is 3. The molecule has 5 nitrogen and oxygen atoms in total. The van der Waals surface area contributed by atoms with Crippen LogP contribution in [0.25, 0.3) is 5.69 Å². The van der Waals surface area contributed by atoms with Crippen molar-refractivity contribution < 1.29 is 4.79 Å². The van der Waals surface area contributed by atoms with E-state index in [1.54, 1.807) is 16.9 Å². The van der Waals surface area contributed by atoms with Crippen LogP contribution < -0.4 is 11.5 Å². The standard InChI is InChI=1S/C12H13BrN4O/c1-7(14)8-2-3-11(9(13)6-8)17-5-4-10(16-17)12(15)18/h2-7H,14H2,1H3,(H2,15,18). The zero-order chi connectivity index (χ0) is 13.3. The Morgan fingerprint density at radius 3 is 2.67 bits per heavy atom. The topological polar surface area (TPSA) is 86.9 Å². The van der Waals surface area contributed by atoms with Crippen LogP contribution in [0.2, 0.25) is 0 Å². The summed E-state index contributed by atoms with van der Waals surface area (Å²) >= 11 is 3.47. The second-order valence-electron chi connectivity index (χ2n) is 4.01. The largest absolute Gasteiger partial charge is 0.364 e. The lowest BCUT2D eigenvalue weighted by atomic mass is 10.1. The van der Waals surface area contributed by atoms with Crippen LogP contribution in [0.4, 0.5) is 0 Å². The van der Waals surface area contributed by atoms with Gasteiger partial charge < -0.3 is 11.5 Å². The molecule has 1 unspecified atom stereocenters. The summed E-state index contributed by atoms with van der Waals surface area (Å²) in [7, 11) is 0. The van der Waals surface area contributed by atoms with Crippen LogP contribution in [0.1, 0.15) is 29.0 Å². The highest BCUT2D eigenvalue weighted by Gasteiger charge is 2.09. The van der Waals surface area contributed by atoms with Crippen LogP contribution in [-0.2, 0) is 0 Å². The van der Waals surface area contributed by atoms with Crippen LogP contribution in [0.3, 0.4) is 0 Å². The van der Waals surface area contributed by atoms with Gasteiger partial charge in [0, 0.05) is 16.7 Å². The molecule has 0 saturated heterocycles. The molecule has 6 heteroatoms. The van der Waals surface area contributed by atoms with Gasteiger partial charge in [-0.05, 0) is 46.6 Å². The van der Waals surface area contributed by atoms with Crippen LogP contribution in [0.15, 0.2) is 34.9 Å². The first-order valence-electron chi connectivity index (χ1n) is 5.40. The highest BCUT2D eigenvalue weighted by molar-refractivity contribution is 9.10. The lowest BCUT2D eigenvalue weighted by Crippen LogP contribution is -2.12. The maximum atomic E-state index is 11.0. The quantitative estimate of drug-likeness (QED) is 0.905. The molecule has 0 aliphatic rings. The van der Waals surface area contributed by atoms with Gasteiger partial charge >= 0.3 is 0 Å². The van der Waals surface area contributed by atoms with Crippen LogP contribution in [0.5, 0.6) is 0 Å². The van der Waals surface area contributed by atoms with Crippen LogP contribution >= 0.6 is 15.9 Å². The number of primary amides is 1. The molecule has 4 N–H and O–H groups in total. The Kier molecular flexibility index (Phi) is 3.49. The Hall–Kier alpha value is -1.66. The number of amides is 1. The zero-order valence-electron chi connectivity index (χ0n) is 9.80. The number of halogens is 1. The molecule has 0 spiro atoms. The molecule has 0 radical (unpaired) electrons. The SMILES string of the molecule is CC(N)c1ccc(-n2ccc(C(N)=O)n2)c(Br)c1. The minimum atomic E-state index is -0.544. The number of nitrogens with two attached hydrogens (primary N) is 2. The Morgan fingerprint density at radius 2 is 2.17 bits per heavy atom. The summed E-state index contributed by atoms with van der Waals surface area (Å²) in [5.41, 5.74) is 13.1. The zero-order valence-corrected chi connectivity index (χ0v) is 11.4. The third-order valence-corrected chi connectivity index (χ3v) is 3.22. The molecule has 2 aromatic rings. The fourth-order valence-corrected chi connectivity index (χ4v) is 2.16. The van der Waals surface area contributed by atoms with E-state index in [0.29, 0.717) is 0 Å². The smallest absolute Gasteiger partial charge is 0.269 e. The number of aromatic nitrogens is 2. The predicted octanol–water partition coefficient (Wildman–Crippen LogP) is 1.75. The van der Waals surface area contributed by atoms with E-state index in [9.17, 15) is 4.79 Å². The summed E-state index contributed by atoms with van der Waals surface area (Å²) < 4.78 is 2.45. The summed E-state index contributed by atoms with van der Waals surface area (Å²) in [6, 6.07) is 7.30. The highest BCUT2D eigenvalue weighted by Crippen LogP contribution is 2.24. The van der Waals surface area contributed by atoms with E-state index in [1.165, 1.54) is 0 Å². The highest BCUT2D eigenvalue weighted by atomic mass is 79.9. The van der Waals surface area contributed by atoms with E-state index in [2.05, 4.69) is 21.0 Å². The van der Waals surface area contributed by atoms with Gasteiger partial charge in [0.15, 0.2) is 0 Å². The van der Waals surface area contributed by atoms with Crippen molar-refractivity contribution in [1.82, 2.24) is 9.78 Å². The summed E-state index contributed by atoms with van der Waals surface area (Å²) in [6.07, 6.45) is 1.69. The number of rotatable bonds is 3. The molecule has 0 fully saturated rings. The van der Waals surface area contributed by atoms with E-state index in [1.807, 2.05) is 25.1 Å². The molecular weight excluding hydrogens is 296 g/mol. The van der Waals surface area contributed by atoms with Gasteiger partial charge in [-0.3, -0.25) is 4.79 Å². The lowest BCUT2D eigenvalue weighted by Gasteiger charge is -2.09. The Balaban J connectivity index is 2.41. The fraction of sp³-hybridized carbons (Fsp3) is 0.167. The van der Waals surface area contributed by atoms with Crippen molar-refractivity contribution in [3.63, 3.8) is 0 Å². The van der Waals surface area contributed by atoms with Gasteiger partial charge in [0.1, 0.15) is 5.69 Å². The normalized spacial score (nSPS) is 12.4. The summed E-state index contributed by atoms with van der Waals surface area (Å²) in [5.74, 6) is -0.544. The van der Waals surface area contributed by atoms with E-state index < -0.39 is 5.91 Å². The molecule has 1 amide bonds. The van der Waals surface area contributed by atoms with Crippen molar-refractivity contribution in [2.75, 3.05) is 0 Å². The number of nitrogens with zero attached hydrogens (tertiary/aromatic N) is 2. The van der Waals surface area contributed by atoms with Crippen molar-refractivity contribution in [2.24, 2.45) is 11.5 Å². The number of hydrogen-bond donors (Lipinski definition) is 2.